The quantitative estimate of drug-likeness (QED) is 0.557. The van der Waals surface area contributed by atoms with Crippen LogP contribution in [0.25, 0.3) is 0 Å². The Hall–Kier alpha value is -2.74. The number of urea groups is 1. The fraction of sp³-hybridized carbons (Fsp3) is 0.444. The minimum Gasteiger partial charge on any atom is -0.461 e. The normalized spacial score (nSPS) is 16.2. The number of carbonyl (C=O) groups is 4. The average Bonchev–Trinajstić information content (AvgIpc) is 3.10. The largest absolute Gasteiger partial charge is 0.461 e. The third-order valence-corrected chi connectivity index (χ3v) is 4.08. The topological polar surface area (TPSA) is 105 Å². The van der Waals surface area contributed by atoms with Gasteiger partial charge in [0.15, 0.2) is 0 Å². The third-order valence-electron chi connectivity index (χ3n) is 4.08. The maximum Gasteiger partial charge on any atom is 0.322 e. The number of carbonyl (C=O) groups excluding carboxylic acids is 4. The zero-order valence-corrected chi connectivity index (χ0v) is 14.9. The Kier molecular flexibility index (Phi) is 6.85. The zero-order valence-electron chi connectivity index (χ0n) is 14.9. The van der Waals surface area contributed by atoms with Gasteiger partial charge in [-0.3, -0.25) is 14.4 Å². The Labute approximate surface area is 151 Å². The highest BCUT2D eigenvalue weighted by atomic mass is 16.5. The number of hydrogen-bond donors (Lipinski definition) is 2. The molecule has 1 saturated heterocycles. The number of ketones is 2. The van der Waals surface area contributed by atoms with E-state index in [1.54, 1.807) is 31.3 Å². The van der Waals surface area contributed by atoms with Crippen LogP contribution in [0.5, 0.6) is 0 Å². The lowest BCUT2D eigenvalue weighted by Gasteiger charge is -2.23. The summed E-state index contributed by atoms with van der Waals surface area (Å²) in [5, 5.41) is 5.39. The second-order valence-electron chi connectivity index (χ2n) is 6.08. The number of rotatable bonds is 7. The molecular weight excluding hydrogens is 338 g/mol. The monoisotopic (exact) mass is 361 g/mol. The summed E-state index contributed by atoms with van der Waals surface area (Å²) in [6, 6.07) is 5.74. The highest BCUT2D eigenvalue weighted by molar-refractivity contribution is 6.40. The minimum absolute atomic E-state index is 0.0331. The second-order valence-corrected chi connectivity index (χ2v) is 6.08. The molecule has 0 aliphatic carbocycles. The van der Waals surface area contributed by atoms with Gasteiger partial charge in [0.05, 0.1) is 6.54 Å². The van der Waals surface area contributed by atoms with Gasteiger partial charge in [-0.1, -0.05) is 12.1 Å². The zero-order chi connectivity index (χ0) is 19.1. The number of nitrogens with zero attached hydrogens (tertiary/aromatic N) is 1. The molecule has 1 aliphatic rings. The van der Waals surface area contributed by atoms with Crippen molar-refractivity contribution in [2.75, 3.05) is 25.5 Å². The first-order valence-corrected chi connectivity index (χ1v) is 8.44. The van der Waals surface area contributed by atoms with Gasteiger partial charge < -0.3 is 20.3 Å². The SMILES string of the molecule is CNCC(=O)C(=O)[C@@H]1CCCN1C(=O)Nc1ccc(COC(C)=O)cc1. The maximum absolute atomic E-state index is 12.5. The van der Waals surface area contributed by atoms with Gasteiger partial charge in [0.25, 0.3) is 0 Å². The lowest BCUT2D eigenvalue weighted by Crippen LogP contribution is -2.46. The number of nitrogens with one attached hydrogen (secondary N) is 2. The predicted molar refractivity (Wildman–Crippen MR) is 94.6 cm³/mol. The summed E-state index contributed by atoms with van der Waals surface area (Å²) in [4.78, 5) is 48.7. The van der Waals surface area contributed by atoms with Crippen molar-refractivity contribution in [2.45, 2.75) is 32.4 Å². The highest BCUT2D eigenvalue weighted by Crippen LogP contribution is 2.20. The van der Waals surface area contributed by atoms with E-state index in [-0.39, 0.29) is 19.1 Å². The summed E-state index contributed by atoms with van der Waals surface area (Å²) >= 11 is 0. The summed E-state index contributed by atoms with van der Waals surface area (Å²) in [6.07, 6.45) is 1.17. The fourth-order valence-electron chi connectivity index (χ4n) is 2.78. The summed E-state index contributed by atoms with van der Waals surface area (Å²) < 4.78 is 4.90. The van der Waals surface area contributed by atoms with Gasteiger partial charge in [-0.05, 0) is 37.6 Å². The van der Waals surface area contributed by atoms with Gasteiger partial charge in [-0.2, -0.15) is 0 Å². The van der Waals surface area contributed by atoms with Crippen LogP contribution < -0.4 is 10.6 Å². The highest BCUT2D eigenvalue weighted by Gasteiger charge is 2.36. The molecule has 140 valence electrons. The van der Waals surface area contributed by atoms with Crippen LogP contribution in [-0.2, 0) is 25.7 Å². The van der Waals surface area contributed by atoms with Gasteiger partial charge in [-0.25, -0.2) is 4.79 Å². The van der Waals surface area contributed by atoms with E-state index in [1.807, 2.05) is 0 Å². The van der Waals surface area contributed by atoms with E-state index in [0.717, 1.165) is 5.56 Å². The second kappa shape index (κ2) is 9.10. The summed E-state index contributed by atoms with van der Waals surface area (Å²) in [6.45, 7) is 1.90. The molecule has 8 heteroatoms. The molecule has 0 spiro atoms. The smallest absolute Gasteiger partial charge is 0.322 e. The van der Waals surface area contributed by atoms with Crippen molar-refractivity contribution in [1.29, 1.82) is 0 Å². The molecule has 0 unspecified atom stereocenters. The maximum atomic E-state index is 12.5. The van der Waals surface area contributed by atoms with Crippen molar-refractivity contribution in [2.24, 2.45) is 0 Å². The van der Waals surface area contributed by atoms with Crippen molar-refractivity contribution in [1.82, 2.24) is 10.2 Å². The molecule has 0 bridgehead atoms. The van der Waals surface area contributed by atoms with E-state index >= 15 is 0 Å². The van der Waals surface area contributed by atoms with E-state index in [4.69, 9.17) is 4.74 Å². The first-order chi connectivity index (χ1) is 12.4. The van der Waals surface area contributed by atoms with Crippen LogP contribution in [0.1, 0.15) is 25.3 Å². The molecule has 1 fully saturated rings. The number of Topliss-reactive ketones (excluding diaryl/α,β-unsaturated/α-hetero) is 2. The molecule has 0 aromatic heterocycles. The van der Waals surface area contributed by atoms with E-state index in [1.165, 1.54) is 11.8 Å². The molecule has 26 heavy (non-hydrogen) atoms. The Balaban J connectivity index is 1.96. The van der Waals surface area contributed by atoms with Crippen LogP contribution in [0, 0.1) is 0 Å². The van der Waals surface area contributed by atoms with Crippen LogP contribution in [0.4, 0.5) is 10.5 Å². The number of ether oxygens (including phenoxy) is 1. The molecule has 1 aromatic carbocycles. The van der Waals surface area contributed by atoms with Crippen molar-refractivity contribution < 1.29 is 23.9 Å². The fourth-order valence-corrected chi connectivity index (χ4v) is 2.78. The van der Waals surface area contributed by atoms with Crippen molar-refractivity contribution >= 4 is 29.3 Å². The minimum atomic E-state index is -0.709. The number of amides is 2. The lowest BCUT2D eigenvalue weighted by atomic mass is 10.1. The van der Waals surface area contributed by atoms with Crippen LogP contribution in [0.3, 0.4) is 0 Å². The molecule has 2 N–H and O–H groups in total. The Bertz CT molecular complexity index is 687. The number of benzene rings is 1. The van der Waals surface area contributed by atoms with Crippen LogP contribution >= 0.6 is 0 Å². The summed E-state index contributed by atoms with van der Waals surface area (Å²) in [5.41, 5.74) is 1.35. The number of likely N-dealkylation sites (N-methyl/N-ethyl adjacent to an activating group) is 1. The molecule has 1 aliphatic heterocycles. The van der Waals surface area contributed by atoms with Gasteiger partial charge in [0, 0.05) is 19.2 Å². The number of likely N-dealkylation sites (tertiary alicyclic amines) is 1. The first kappa shape index (κ1) is 19.6. The van der Waals surface area contributed by atoms with Crippen LogP contribution in [0.15, 0.2) is 24.3 Å². The Morgan fingerprint density at radius 1 is 1.19 bits per heavy atom. The molecule has 2 rings (SSSR count). The summed E-state index contributed by atoms with van der Waals surface area (Å²) in [5.74, 6) is -1.42. The summed E-state index contributed by atoms with van der Waals surface area (Å²) in [7, 11) is 1.59. The molecule has 1 heterocycles. The van der Waals surface area contributed by atoms with Gasteiger partial charge in [0.1, 0.15) is 12.6 Å². The number of hydrogen-bond acceptors (Lipinski definition) is 6. The Morgan fingerprint density at radius 2 is 1.88 bits per heavy atom. The molecular formula is C18H23N3O5. The lowest BCUT2D eigenvalue weighted by molar-refractivity contribution is -0.142. The average molecular weight is 361 g/mol. The number of esters is 1. The molecule has 1 atom stereocenters. The molecule has 0 saturated carbocycles. The third kappa shape index (κ3) is 5.13. The van der Waals surface area contributed by atoms with Gasteiger partial charge in [0.2, 0.25) is 11.6 Å². The van der Waals surface area contributed by atoms with E-state index < -0.39 is 23.6 Å². The van der Waals surface area contributed by atoms with E-state index in [9.17, 15) is 19.2 Å². The number of anilines is 1. The van der Waals surface area contributed by atoms with Crippen LogP contribution in [0.2, 0.25) is 0 Å². The van der Waals surface area contributed by atoms with E-state index in [0.29, 0.717) is 25.1 Å². The van der Waals surface area contributed by atoms with Crippen molar-refractivity contribution in [3.8, 4) is 0 Å². The van der Waals surface area contributed by atoms with E-state index in [2.05, 4.69) is 10.6 Å². The van der Waals surface area contributed by atoms with Crippen LogP contribution in [-0.4, -0.2) is 54.6 Å². The molecule has 0 radical (unpaired) electrons. The van der Waals surface area contributed by atoms with Gasteiger partial charge >= 0.3 is 12.0 Å². The first-order valence-electron chi connectivity index (χ1n) is 8.44. The molecule has 2 amide bonds. The van der Waals surface area contributed by atoms with Crippen molar-refractivity contribution in [3.63, 3.8) is 0 Å². The predicted octanol–water partition coefficient (Wildman–Crippen LogP) is 1.10. The molecule has 1 aromatic rings. The molecule has 8 nitrogen and oxygen atoms in total. The van der Waals surface area contributed by atoms with Gasteiger partial charge in [-0.15, -0.1) is 0 Å². The van der Waals surface area contributed by atoms with Crippen molar-refractivity contribution in [3.05, 3.63) is 29.8 Å². The Morgan fingerprint density at radius 3 is 2.50 bits per heavy atom. The standard InChI is InChI=1S/C18H23N3O5/c1-12(22)26-11-13-5-7-14(8-6-13)20-18(25)21-9-3-4-15(21)17(24)16(23)10-19-2/h5-8,15,19H,3-4,9-11H2,1-2H3,(H,20,25)/t15-/m0/s1.